The molecule has 0 spiro atoms. The first-order chi connectivity index (χ1) is 9.69. The number of nitrogens with two attached hydrogens (primary N) is 1. The highest BCUT2D eigenvalue weighted by atomic mass is 19.1. The highest BCUT2D eigenvalue weighted by Gasteiger charge is 2.29. The fourth-order valence-electron chi connectivity index (χ4n) is 2.06. The van der Waals surface area contributed by atoms with Gasteiger partial charge in [0.2, 0.25) is 5.91 Å². The summed E-state index contributed by atoms with van der Waals surface area (Å²) in [6.45, 7) is 1.14. The Morgan fingerprint density at radius 2 is 2.15 bits per heavy atom. The third-order valence-corrected chi connectivity index (χ3v) is 3.15. The number of hydrogen-bond acceptors (Lipinski definition) is 4. The molecule has 0 aromatic heterocycles. The Balaban J connectivity index is 1.63. The summed E-state index contributed by atoms with van der Waals surface area (Å²) in [7, 11) is 0. The molecule has 1 aromatic rings. The molecule has 1 fully saturated rings. The summed E-state index contributed by atoms with van der Waals surface area (Å²) in [4.78, 5) is 11.8. The average Bonchev–Trinajstić information content (AvgIpc) is 2.94. The average molecular weight is 282 g/mol. The summed E-state index contributed by atoms with van der Waals surface area (Å²) in [5, 5.41) is 2.75. The zero-order valence-electron chi connectivity index (χ0n) is 11.2. The number of halogens is 1. The standard InChI is InChI=1S/C14H19FN2O3/c15-10-1-3-11(4-2-10)19-8-7-17-14(18)13-6-5-12(9-16)20-13/h1-4,12-13H,5-9,16H2,(H,17,18)/t12-,13+/m1/s1. The normalized spacial score (nSPS) is 21.7. The first kappa shape index (κ1) is 14.7. The van der Waals surface area contributed by atoms with Gasteiger partial charge in [-0.05, 0) is 37.1 Å². The number of carbonyl (C=O) groups is 1. The van der Waals surface area contributed by atoms with E-state index in [1.54, 1.807) is 12.1 Å². The Kier molecular flexibility index (Phi) is 5.31. The van der Waals surface area contributed by atoms with E-state index in [2.05, 4.69) is 5.32 Å². The summed E-state index contributed by atoms with van der Waals surface area (Å²) in [5.74, 6) is 0.128. The Bertz CT molecular complexity index is 439. The topological polar surface area (TPSA) is 73.6 Å². The molecule has 20 heavy (non-hydrogen) atoms. The zero-order chi connectivity index (χ0) is 14.4. The van der Waals surface area contributed by atoms with E-state index in [1.807, 2.05) is 0 Å². The molecule has 1 heterocycles. The number of rotatable bonds is 6. The molecule has 2 atom stereocenters. The molecule has 5 nitrogen and oxygen atoms in total. The molecule has 2 rings (SSSR count). The van der Waals surface area contributed by atoms with E-state index < -0.39 is 6.10 Å². The third-order valence-electron chi connectivity index (χ3n) is 3.15. The third kappa shape index (κ3) is 4.18. The Morgan fingerprint density at radius 1 is 1.40 bits per heavy atom. The predicted octanol–water partition coefficient (Wildman–Crippen LogP) is 0.827. The highest BCUT2D eigenvalue weighted by molar-refractivity contribution is 5.81. The van der Waals surface area contributed by atoms with Crippen LogP contribution in [-0.4, -0.2) is 37.8 Å². The fraction of sp³-hybridized carbons (Fsp3) is 0.500. The summed E-state index contributed by atoms with van der Waals surface area (Å²) in [6, 6.07) is 5.74. The van der Waals surface area contributed by atoms with Gasteiger partial charge < -0.3 is 20.5 Å². The fourth-order valence-corrected chi connectivity index (χ4v) is 2.06. The molecule has 1 aliphatic rings. The van der Waals surface area contributed by atoms with Crippen molar-refractivity contribution >= 4 is 5.91 Å². The van der Waals surface area contributed by atoms with Crippen LogP contribution in [0.1, 0.15) is 12.8 Å². The monoisotopic (exact) mass is 282 g/mol. The molecule has 1 aliphatic heterocycles. The van der Waals surface area contributed by atoms with Crippen LogP contribution >= 0.6 is 0 Å². The van der Waals surface area contributed by atoms with Crippen LogP contribution in [0.4, 0.5) is 4.39 Å². The van der Waals surface area contributed by atoms with Gasteiger partial charge in [0.15, 0.2) is 0 Å². The van der Waals surface area contributed by atoms with Crippen LogP contribution in [0.3, 0.4) is 0 Å². The van der Waals surface area contributed by atoms with Gasteiger partial charge in [0.05, 0.1) is 12.6 Å². The predicted molar refractivity (Wildman–Crippen MR) is 71.9 cm³/mol. The molecule has 0 radical (unpaired) electrons. The summed E-state index contributed by atoms with van der Waals surface area (Å²) in [5.41, 5.74) is 5.49. The quantitative estimate of drug-likeness (QED) is 0.758. The van der Waals surface area contributed by atoms with Crippen LogP contribution in [0.25, 0.3) is 0 Å². The summed E-state index contributed by atoms with van der Waals surface area (Å²) >= 11 is 0. The molecule has 6 heteroatoms. The summed E-state index contributed by atoms with van der Waals surface area (Å²) < 4.78 is 23.5. The Morgan fingerprint density at radius 3 is 2.80 bits per heavy atom. The lowest BCUT2D eigenvalue weighted by molar-refractivity contribution is -0.131. The Hall–Kier alpha value is -1.66. The minimum Gasteiger partial charge on any atom is -0.492 e. The van der Waals surface area contributed by atoms with Crippen molar-refractivity contribution in [1.82, 2.24) is 5.32 Å². The van der Waals surface area contributed by atoms with Gasteiger partial charge >= 0.3 is 0 Å². The lowest BCUT2D eigenvalue weighted by Crippen LogP contribution is -2.37. The molecule has 3 N–H and O–H groups in total. The maximum Gasteiger partial charge on any atom is 0.249 e. The second-order valence-electron chi connectivity index (χ2n) is 4.65. The van der Waals surface area contributed by atoms with E-state index in [0.29, 0.717) is 31.9 Å². The minimum atomic E-state index is -0.408. The number of nitrogens with one attached hydrogen (secondary N) is 1. The van der Waals surface area contributed by atoms with Crippen molar-refractivity contribution in [2.75, 3.05) is 19.7 Å². The van der Waals surface area contributed by atoms with E-state index in [-0.39, 0.29) is 17.8 Å². The van der Waals surface area contributed by atoms with Gasteiger partial charge in [-0.1, -0.05) is 0 Å². The lowest BCUT2D eigenvalue weighted by atomic mass is 10.2. The molecule has 1 amide bonds. The van der Waals surface area contributed by atoms with Gasteiger partial charge in [-0.15, -0.1) is 0 Å². The number of ether oxygens (including phenoxy) is 2. The van der Waals surface area contributed by atoms with Crippen molar-refractivity contribution < 1.29 is 18.7 Å². The lowest BCUT2D eigenvalue weighted by Gasteiger charge is -2.13. The van der Waals surface area contributed by atoms with Crippen molar-refractivity contribution in [3.63, 3.8) is 0 Å². The number of carbonyl (C=O) groups excluding carboxylic acids is 1. The second-order valence-corrected chi connectivity index (χ2v) is 4.65. The van der Waals surface area contributed by atoms with Gasteiger partial charge in [0.1, 0.15) is 24.3 Å². The molecular weight excluding hydrogens is 263 g/mol. The van der Waals surface area contributed by atoms with Crippen molar-refractivity contribution in [1.29, 1.82) is 0 Å². The zero-order valence-corrected chi connectivity index (χ0v) is 11.2. The molecule has 1 aromatic carbocycles. The largest absolute Gasteiger partial charge is 0.492 e. The highest BCUT2D eigenvalue weighted by Crippen LogP contribution is 2.18. The molecule has 0 bridgehead atoms. The first-order valence-electron chi connectivity index (χ1n) is 6.70. The van der Waals surface area contributed by atoms with E-state index in [9.17, 15) is 9.18 Å². The van der Waals surface area contributed by atoms with Gasteiger partial charge in [-0.25, -0.2) is 4.39 Å². The minimum absolute atomic E-state index is 0.0128. The maximum absolute atomic E-state index is 12.7. The van der Waals surface area contributed by atoms with E-state index in [0.717, 1.165) is 6.42 Å². The maximum atomic E-state index is 12.7. The molecule has 1 saturated heterocycles. The van der Waals surface area contributed by atoms with E-state index in [1.165, 1.54) is 12.1 Å². The summed E-state index contributed by atoms with van der Waals surface area (Å²) in [6.07, 6.45) is 1.10. The van der Waals surface area contributed by atoms with Crippen molar-refractivity contribution in [2.45, 2.75) is 25.0 Å². The number of hydrogen-bond donors (Lipinski definition) is 2. The van der Waals surface area contributed by atoms with Crippen molar-refractivity contribution in [3.05, 3.63) is 30.1 Å². The van der Waals surface area contributed by atoms with Gasteiger partial charge in [0.25, 0.3) is 0 Å². The number of amides is 1. The van der Waals surface area contributed by atoms with E-state index >= 15 is 0 Å². The molecular formula is C14H19FN2O3. The molecule has 0 saturated carbocycles. The second kappa shape index (κ2) is 7.21. The number of benzene rings is 1. The molecule has 0 aliphatic carbocycles. The van der Waals surface area contributed by atoms with E-state index in [4.69, 9.17) is 15.2 Å². The van der Waals surface area contributed by atoms with Gasteiger partial charge in [0, 0.05) is 6.54 Å². The first-order valence-corrected chi connectivity index (χ1v) is 6.70. The smallest absolute Gasteiger partial charge is 0.249 e. The van der Waals surface area contributed by atoms with Crippen LogP contribution in [0.15, 0.2) is 24.3 Å². The van der Waals surface area contributed by atoms with Crippen LogP contribution in [0.5, 0.6) is 5.75 Å². The van der Waals surface area contributed by atoms with Crippen LogP contribution in [0.2, 0.25) is 0 Å². The molecule has 110 valence electrons. The SMILES string of the molecule is NC[C@H]1CC[C@@H](C(=O)NCCOc2ccc(F)cc2)O1. The molecule has 0 unspecified atom stereocenters. The van der Waals surface area contributed by atoms with Gasteiger partial charge in [-0.2, -0.15) is 0 Å². The Labute approximate surface area is 117 Å². The van der Waals surface area contributed by atoms with Gasteiger partial charge in [-0.3, -0.25) is 4.79 Å². The van der Waals surface area contributed by atoms with Crippen LogP contribution in [0, 0.1) is 5.82 Å². The van der Waals surface area contributed by atoms with Crippen LogP contribution in [-0.2, 0) is 9.53 Å². The van der Waals surface area contributed by atoms with Crippen molar-refractivity contribution in [2.24, 2.45) is 5.73 Å². The van der Waals surface area contributed by atoms with Crippen molar-refractivity contribution in [3.8, 4) is 5.75 Å². The van der Waals surface area contributed by atoms with Crippen LogP contribution < -0.4 is 15.8 Å².